The topological polar surface area (TPSA) is 26.0 Å². The van der Waals surface area contributed by atoms with Crippen LogP contribution in [-0.4, -0.2) is 18.1 Å². The van der Waals surface area contributed by atoms with E-state index >= 15 is 0 Å². The van der Waals surface area contributed by atoms with Gasteiger partial charge in [0.2, 0.25) is 0 Å². The Balaban J connectivity index is 2.09. The fourth-order valence-corrected chi connectivity index (χ4v) is 3.56. The van der Waals surface area contributed by atoms with Gasteiger partial charge in [0, 0.05) is 0 Å². The van der Waals surface area contributed by atoms with Gasteiger partial charge in [-0.15, -0.1) is 0 Å². The largest absolute Gasteiger partial charge is 0.330 e. The van der Waals surface area contributed by atoms with E-state index in [1.54, 1.807) is 0 Å². The first-order chi connectivity index (χ1) is 7.42. The molecule has 0 saturated carbocycles. The molecule has 1 unspecified atom stereocenters. The summed E-state index contributed by atoms with van der Waals surface area (Å²) in [6.07, 6.45) is 2.67. The summed E-state index contributed by atoms with van der Waals surface area (Å²) in [6, 6.07) is 10.8. The number of thioether (sulfide) groups is 1. The van der Waals surface area contributed by atoms with Crippen LogP contribution in [0.15, 0.2) is 30.3 Å². The molecule has 1 aliphatic heterocycles. The van der Waals surface area contributed by atoms with Crippen LogP contribution >= 0.6 is 11.8 Å². The second-order valence-electron chi connectivity index (χ2n) is 4.20. The van der Waals surface area contributed by atoms with E-state index in [0.29, 0.717) is 5.92 Å². The molecule has 1 fully saturated rings. The van der Waals surface area contributed by atoms with Gasteiger partial charge >= 0.3 is 0 Å². The lowest BCUT2D eigenvalue weighted by Crippen LogP contribution is -2.24. The van der Waals surface area contributed by atoms with Crippen molar-refractivity contribution in [2.24, 2.45) is 11.7 Å². The zero-order chi connectivity index (χ0) is 10.5. The minimum absolute atomic E-state index is 0.576. The Hall–Kier alpha value is -0.470. The Bertz CT molecular complexity index is 280. The van der Waals surface area contributed by atoms with E-state index in [0.717, 1.165) is 12.5 Å². The fourth-order valence-electron chi connectivity index (χ4n) is 2.42. The summed E-state index contributed by atoms with van der Waals surface area (Å²) in [7, 11) is 0. The number of nitrogens with two attached hydrogens (primary N) is 1. The number of hydrogen-bond acceptors (Lipinski definition) is 2. The summed E-state index contributed by atoms with van der Waals surface area (Å²) in [5.41, 5.74) is 7.36. The van der Waals surface area contributed by atoms with Crippen LogP contribution in [0.3, 0.4) is 0 Å². The van der Waals surface area contributed by atoms with E-state index < -0.39 is 0 Å². The fraction of sp³-hybridized carbons (Fsp3) is 0.538. The molecule has 2 rings (SSSR count). The highest BCUT2D eigenvalue weighted by atomic mass is 32.2. The Morgan fingerprint density at radius 3 is 2.47 bits per heavy atom. The lowest BCUT2D eigenvalue weighted by molar-refractivity contribution is 0.401. The SMILES string of the molecule is NCC(c1ccccc1)C1CCSCC1. The predicted molar refractivity (Wildman–Crippen MR) is 68.3 cm³/mol. The van der Waals surface area contributed by atoms with E-state index in [4.69, 9.17) is 5.73 Å². The second-order valence-corrected chi connectivity index (χ2v) is 5.43. The van der Waals surface area contributed by atoms with Crippen molar-refractivity contribution in [1.82, 2.24) is 0 Å². The maximum absolute atomic E-state index is 5.93. The normalized spacial score (nSPS) is 20.1. The molecule has 1 aromatic rings. The first-order valence-electron chi connectivity index (χ1n) is 5.74. The van der Waals surface area contributed by atoms with Crippen molar-refractivity contribution in [3.8, 4) is 0 Å². The summed E-state index contributed by atoms with van der Waals surface area (Å²) in [6.45, 7) is 0.791. The molecule has 1 heterocycles. The van der Waals surface area contributed by atoms with Crippen molar-refractivity contribution in [3.63, 3.8) is 0 Å². The highest BCUT2D eigenvalue weighted by Crippen LogP contribution is 2.34. The molecule has 82 valence electrons. The van der Waals surface area contributed by atoms with Gasteiger partial charge in [-0.3, -0.25) is 0 Å². The molecular weight excluding hydrogens is 202 g/mol. The summed E-state index contributed by atoms with van der Waals surface area (Å²) >= 11 is 2.08. The molecule has 0 radical (unpaired) electrons. The van der Waals surface area contributed by atoms with Gasteiger partial charge in [0.05, 0.1) is 0 Å². The first-order valence-corrected chi connectivity index (χ1v) is 6.90. The standard InChI is InChI=1S/C13H19NS/c14-10-13(11-4-2-1-3-5-11)12-6-8-15-9-7-12/h1-5,12-13H,6-10,14H2. The number of rotatable bonds is 3. The first kappa shape index (κ1) is 11.0. The molecule has 1 aromatic carbocycles. The molecule has 1 atom stereocenters. The molecule has 15 heavy (non-hydrogen) atoms. The van der Waals surface area contributed by atoms with Gasteiger partial charge in [0.1, 0.15) is 0 Å². The molecule has 0 spiro atoms. The van der Waals surface area contributed by atoms with E-state index in [2.05, 4.69) is 42.1 Å². The zero-order valence-electron chi connectivity index (χ0n) is 9.06. The van der Waals surface area contributed by atoms with Gasteiger partial charge in [-0.1, -0.05) is 30.3 Å². The van der Waals surface area contributed by atoms with E-state index in [-0.39, 0.29) is 0 Å². The summed E-state index contributed by atoms with van der Waals surface area (Å²) in [4.78, 5) is 0. The minimum atomic E-state index is 0.576. The average molecular weight is 221 g/mol. The maximum atomic E-state index is 5.93. The lowest BCUT2D eigenvalue weighted by atomic mass is 9.82. The van der Waals surface area contributed by atoms with Gasteiger partial charge in [0.15, 0.2) is 0 Å². The van der Waals surface area contributed by atoms with Gasteiger partial charge < -0.3 is 5.73 Å². The number of hydrogen-bond donors (Lipinski definition) is 1. The minimum Gasteiger partial charge on any atom is -0.330 e. The lowest BCUT2D eigenvalue weighted by Gasteiger charge is -2.29. The van der Waals surface area contributed by atoms with Crippen molar-refractivity contribution in [3.05, 3.63) is 35.9 Å². The van der Waals surface area contributed by atoms with Crippen LogP contribution in [0.2, 0.25) is 0 Å². The van der Waals surface area contributed by atoms with Crippen LogP contribution in [0.5, 0.6) is 0 Å². The summed E-state index contributed by atoms with van der Waals surface area (Å²) in [5.74, 6) is 4.01. The molecule has 1 aliphatic rings. The molecule has 0 aliphatic carbocycles. The van der Waals surface area contributed by atoms with E-state index in [1.807, 2.05) is 0 Å². The van der Waals surface area contributed by atoms with Crippen molar-refractivity contribution in [2.75, 3.05) is 18.1 Å². The van der Waals surface area contributed by atoms with Crippen molar-refractivity contribution in [1.29, 1.82) is 0 Å². The van der Waals surface area contributed by atoms with Crippen LogP contribution < -0.4 is 5.73 Å². The quantitative estimate of drug-likeness (QED) is 0.849. The molecule has 0 aromatic heterocycles. The van der Waals surface area contributed by atoms with Gasteiger partial charge in [-0.2, -0.15) is 11.8 Å². The third-order valence-electron chi connectivity index (χ3n) is 3.32. The van der Waals surface area contributed by atoms with Crippen LogP contribution in [0, 0.1) is 5.92 Å². The van der Waals surface area contributed by atoms with Crippen molar-refractivity contribution < 1.29 is 0 Å². The van der Waals surface area contributed by atoms with E-state index in [1.165, 1.54) is 29.9 Å². The highest BCUT2D eigenvalue weighted by Gasteiger charge is 2.23. The monoisotopic (exact) mass is 221 g/mol. The number of benzene rings is 1. The summed E-state index contributed by atoms with van der Waals surface area (Å²) in [5, 5.41) is 0. The average Bonchev–Trinajstić information content (AvgIpc) is 2.33. The third kappa shape index (κ3) is 2.76. The molecule has 1 nitrogen and oxygen atoms in total. The van der Waals surface area contributed by atoms with Crippen LogP contribution in [-0.2, 0) is 0 Å². The second kappa shape index (κ2) is 5.57. The molecular formula is C13H19NS. The van der Waals surface area contributed by atoms with Crippen molar-refractivity contribution in [2.45, 2.75) is 18.8 Å². The highest BCUT2D eigenvalue weighted by molar-refractivity contribution is 7.99. The van der Waals surface area contributed by atoms with Crippen molar-refractivity contribution >= 4 is 11.8 Å². The van der Waals surface area contributed by atoms with Gasteiger partial charge in [-0.05, 0) is 48.3 Å². The molecule has 2 heteroatoms. The third-order valence-corrected chi connectivity index (χ3v) is 4.37. The molecule has 0 bridgehead atoms. The smallest absolute Gasteiger partial charge is 0.000555 e. The van der Waals surface area contributed by atoms with Gasteiger partial charge in [-0.25, -0.2) is 0 Å². The zero-order valence-corrected chi connectivity index (χ0v) is 9.88. The maximum Gasteiger partial charge on any atom is -0.000555 e. The van der Waals surface area contributed by atoms with E-state index in [9.17, 15) is 0 Å². The van der Waals surface area contributed by atoms with Crippen LogP contribution in [0.25, 0.3) is 0 Å². The Morgan fingerprint density at radius 2 is 1.87 bits per heavy atom. The Kier molecular flexibility index (Phi) is 4.09. The summed E-state index contributed by atoms with van der Waals surface area (Å²) < 4.78 is 0. The van der Waals surface area contributed by atoms with Crippen LogP contribution in [0.1, 0.15) is 24.3 Å². The predicted octanol–water partition coefficient (Wildman–Crippen LogP) is 2.87. The molecule has 1 saturated heterocycles. The Morgan fingerprint density at radius 1 is 1.20 bits per heavy atom. The van der Waals surface area contributed by atoms with Crippen LogP contribution in [0.4, 0.5) is 0 Å². The molecule has 0 amide bonds. The Labute approximate surface area is 96.4 Å². The molecule has 2 N–H and O–H groups in total. The van der Waals surface area contributed by atoms with Gasteiger partial charge in [0.25, 0.3) is 0 Å².